The molecule has 1 aliphatic rings. The van der Waals surface area contributed by atoms with E-state index in [1.807, 2.05) is 4.90 Å². The summed E-state index contributed by atoms with van der Waals surface area (Å²) in [5.41, 5.74) is 0. The number of amides is 2. The van der Waals surface area contributed by atoms with E-state index in [0.717, 1.165) is 25.8 Å². The average Bonchev–Trinajstić information content (AvgIpc) is 2.91. The van der Waals surface area contributed by atoms with Gasteiger partial charge in [0.05, 0.1) is 5.92 Å². The lowest BCUT2D eigenvalue weighted by Crippen LogP contribution is -2.48. The Morgan fingerprint density at radius 2 is 1.76 bits per heavy atom. The largest absolute Gasteiger partial charge is 0.481 e. The summed E-state index contributed by atoms with van der Waals surface area (Å²) in [5.74, 6) is -0.830. The summed E-state index contributed by atoms with van der Waals surface area (Å²) in [6.07, 6.45) is 5.51. The van der Waals surface area contributed by atoms with E-state index in [9.17, 15) is 9.59 Å². The number of aliphatic carboxylic acids is 1. The van der Waals surface area contributed by atoms with Gasteiger partial charge in [-0.3, -0.25) is 4.79 Å². The van der Waals surface area contributed by atoms with Crippen LogP contribution in [0.25, 0.3) is 0 Å². The molecule has 122 valence electrons. The van der Waals surface area contributed by atoms with Crippen LogP contribution in [0.1, 0.15) is 52.9 Å². The Morgan fingerprint density at radius 3 is 2.24 bits per heavy atom. The van der Waals surface area contributed by atoms with E-state index in [1.165, 1.54) is 12.8 Å². The molecule has 0 aromatic carbocycles. The Kier molecular flexibility index (Phi) is 6.99. The van der Waals surface area contributed by atoms with Crippen LogP contribution in [-0.2, 0) is 4.79 Å². The monoisotopic (exact) mass is 298 g/mol. The van der Waals surface area contributed by atoms with Crippen molar-refractivity contribution in [3.05, 3.63) is 0 Å². The second-order valence-corrected chi connectivity index (χ2v) is 6.72. The van der Waals surface area contributed by atoms with Gasteiger partial charge in [0, 0.05) is 26.2 Å². The van der Waals surface area contributed by atoms with Crippen molar-refractivity contribution in [1.29, 1.82) is 0 Å². The average molecular weight is 298 g/mol. The van der Waals surface area contributed by atoms with Crippen molar-refractivity contribution in [2.45, 2.75) is 58.9 Å². The molecular weight excluding hydrogens is 268 g/mol. The molecule has 0 aromatic rings. The fraction of sp³-hybridized carbons (Fsp3) is 0.875. The normalized spacial score (nSPS) is 17.0. The highest BCUT2D eigenvalue weighted by Gasteiger charge is 2.29. The Morgan fingerprint density at radius 1 is 1.19 bits per heavy atom. The highest BCUT2D eigenvalue weighted by molar-refractivity contribution is 5.76. The van der Waals surface area contributed by atoms with Crippen molar-refractivity contribution in [3.63, 3.8) is 0 Å². The molecule has 1 fully saturated rings. The third-order valence-corrected chi connectivity index (χ3v) is 4.25. The number of carbonyl (C=O) groups is 2. The van der Waals surface area contributed by atoms with Crippen LogP contribution >= 0.6 is 0 Å². The van der Waals surface area contributed by atoms with Crippen LogP contribution in [0.15, 0.2) is 0 Å². The highest BCUT2D eigenvalue weighted by atomic mass is 16.4. The van der Waals surface area contributed by atoms with Crippen LogP contribution in [0.4, 0.5) is 4.79 Å². The van der Waals surface area contributed by atoms with Crippen LogP contribution in [0.2, 0.25) is 0 Å². The molecule has 0 radical (unpaired) electrons. The molecule has 1 aliphatic carbocycles. The summed E-state index contributed by atoms with van der Waals surface area (Å²) in [4.78, 5) is 27.1. The molecule has 1 N–H and O–H groups in total. The number of nitrogens with zero attached hydrogens (tertiary/aromatic N) is 2. The molecular formula is C16H30N2O3. The molecule has 0 saturated heterocycles. The van der Waals surface area contributed by atoms with E-state index >= 15 is 0 Å². The zero-order chi connectivity index (χ0) is 16.0. The Bertz CT molecular complexity index is 351. The lowest BCUT2D eigenvalue weighted by molar-refractivity contribution is -0.141. The van der Waals surface area contributed by atoms with Gasteiger partial charge in [0.1, 0.15) is 0 Å². The van der Waals surface area contributed by atoms with Gasteiger partial charge in [-0.1, -0.05) is 33.6 Å². The number of urea groups is 1. The minimum absolute atomic E-state index is 0.0179. The third kappa shape index (κ3) is 5.56. The number of carboxylic acid groups (broad SMARTS) is 1. The van der Waals surface area contributed by atoms with Gasteiger partial charge in [0.15, 0.2) is 0 Å². The second-order valence-electron chi connectivity index (χ2n) is 6.72. The van der Waals surface area contributed by atoms with E-state index in [4.69, 9.17) is 5.11 Å². The predicted octanol–water partition coefficient (Wildman–Crippen LogP) is 3.05. The van der Waals surface area contributed by atoms with Crippen LogP contribution in [0, 0.1) is 11.8 Å². The first-order valence-electron chi connectivity index (χ1n) is 8.07. The fourth-order valence-electron chi connectivity index (χ4n) is 2.83. The van der Waals surface area contributed by atoms with E-state index in [1.54, 1.807) is 18.9 Å². The van der Waals surface area contributed by atoms with Gasteiger partial charge < -0.3 is 14.9 Å². The second kappa shape index (κ2) is 8.25. The molecule has 0 spiro atoms. The number of hydrogen-bond acceptors (Lipinski definition) is 2. The van der Waals surface area contributed by atoms with E-state index < -0.39 is 11.9 Å². The first kappa shape index (κ1) is 17.8. The molecule has 1 rings (SSSR count). The molecule has 1 saturated carbocycles. The molecule has 1 unspecified atom stereocenters. The quantitative estimate of drug-likeness (QED) is 0.786. The number of carbonyl (C=O) groups excluding carboxylic acids is 1. The topological polar surface area (TPSA) is 60.9 Å². The van der Waals surface area contributed by atoms with Gasteiger partial charge in [-0.2, -0.15) is 0 Å². The molecule has 2 amide bonds. The molecule has 0 aromatic heterocycles. The first-order valence-corrected chi connectivity index (χ1v) is 8.07. The number of rotatable bonds is 7. The smallest absolute Gasteiger partial charge is 0.320 e. The van der Waals surface area contributed by atoms with Crippen LogP contribution in [0.5, 0.6) is 0 Å². The van der Waals surface area contributed by atoms with Crippen molar-refractivity contribution < 1.29 is 14.7 Å². The zero-order valence-electron chi connectivity index (χ0n) is 13.8. The maximum Gasteiger partial charge on any atom is 0.320 e. The summed E-state index contributed by atoms with van der Waals surface area (Å²) < 4.78 is 0. The lowest BCUT2D eigenvalue weighted by Gasteiger charge is -2.34. The van der Waals surface area contributed by atoms with E-state index in [2.05, 4.69) is 13.8 Å². The van der Waals surface area contributed by atoms with Crippen LogP contribution in [0.3, 0.4) is 0 Å². The van der Waals surface area contributed by atoms with Crippen molar-refractivity contribution >= 4 is 12.0 Å². The molecule has 1 atom stereocenters. The maximum atomic E-state index is 12.7. The highest BCUT2D eigenvalue weighted by Crippen LogP contribution is 2.25. The lowest BCUT2D eigenvalue weighted by atomic mass is 10.1. The van der Waals surface area contributed by atoms with Crippen LogP contribution < -0.4 is 0 Å². The Balaban J connectivity index is 2.66. The van der Waals surface area contributed by atoms with Crippen LogP contribution in [-0.4, -0.2) is 53.1 Å². The van der Waals surface area contributed by atoms with Gasteiger partial charge in [-0.05, 0) is 25.2 Å². The van der Waals surface area contributed by atoms with Gasteiger partial charge >= 0.3 is 12.0 Å². The van der Waals surface area contributed by atoms with Gasteiger partial charge in [0.25, 0.3) is 0 Å². The third-order valence-electron chi connectivity index (χ3n) is 4.25. The maximum absolute atomic E-state index is 12.7. The summed E-state index contributed by atoms with van der Waals surface area (Å²) in [7, 11) is 1.71. The van der Waals surface area contributed by atoms with Crippen molar-refractivity contribution in [3.8, 4) is 0 Å². The minimum Gasteiger partial charge on any atom is -0.481 e. The Labute approximate surface area is 128 Å². The SMILES string of the molecule is CC(C)CCN(C(=O)N(C)CC(C)C(=O)O)C1CCCC1. The molecule has 21 heavy (non-hydrogen) atoms. The zero-order valence-corrected chi connectivity index (χ0v) is 13.8. The summed E-state index contributed by atoms with van der Waals surface area (Å²) in [6.45, 7) is 6.99. The predicted molar refractivity (Wildman–Crippen MR) is 83.2 cm³/mol. The number of carboxylic acids is 1. The van der Waals surface area contributed by atoms with Gasteiger partial charge in [-0.25, -0.2) is 4.79 Å². The molecule has 0 aliphatic heterocycles. The molecule has 5 heteroatoms. The van der Waals surface area contributed by atoms with Crippen molar-refractivity contribution in [2.75, 3.05) is 20.1 Å². The fourth-order valence-corrected chi connectivity index (χ4v) is 2.83. The summed E-state index contributed by atoms with van der Waals surface area (Å²) in [5, 5.41) is 8.99. The van der Waals surface area contributed by atoms with E-state index in [-0.39, 0.29) is 12.6 Å². The summed E-state index contributed by atoms with van der Waals surface area (Å²) >= 11 is 0. The van der Waals surface area contributed by atoms with Crippen molar-refractivity contribution in [1.82, 2.24) is 9.80 Å². The summed E-state index contributed by atoms with van der Waals surface area (Å²) in [6, 6.07) is 0.314. The molecule has 0 heterocycles. The van der Waals surface area contributed by atoms with Gasteiger partial charge in [-0.15, -0.1) is 0 Å². The molecule has 0 bridgehead atoms. The van der Waals surface area contributed by atoms with Gasteiger partial charge in [0.2, 0.25) is 0 Å². The standard InChI is InChI=1S/C16H30N2O3/c1-12(2)9-10-18(14-7-5-6-8-14)16(21)17(4)11-13(3)15(19)20/h12-14H,5-11H2,1-4H3,(H,19,20). The van der Waals surface area contributed by atoms with E-state index in [0.29, 0.717) is 12.0 Å². The minimum atomic E-state index is -0.857. The first-order chi connectivity index (χ1) is 9.82. The molecule has 5 nitrogen and oxygen atoms in total. The van der Waals surface area contributed by atoms with Crippen molar-refractivity contribution in [2.24, 2.45) is 11.8 Å². The Hall–Kier alpha value is -1.26. The number of hydrogen-bond donors (Lipinski definition) is 1.